The molecule has 5 aromatic rings. The summed E-state index contributed by atoms with van der Waals surface area (Å²) in [6.45, 7) is 1.71. The number of benzene rings is 5. The average Bonchev–Trinajstić information content (AvgIpc) is 3.04. The van der Waals surface area contributed by atoms with E-state index in [0.29, 0.717) is 13.2 Å². The third kappa shape index (κ3) is 7.31. The minimum Gasteiger partial charge on any atom is -0.493 e. The molecule has 0 heterocycles. The second-order valence-electron chi connectivity index (χ2n) is 10.9. The van der Waals surface area contributed by atoms with E-state index < -0.39 is 0 Å². The van der Waals surface area contributed by atoms with E-state index in [0.717, 1.165) is 85.1 Å². The molecular formula is C38H42O4. The molecule has 4 nitrogen and oxygen atoms in total. The van der Waals surface area contributed by atoms with Crippen molar-refractivity contribution in [2.75, 3.05) is 26.4 Å². The predicted octanol–water partition coefficient (Wildman–Crippen LogP) is 9.19. The molecular weight excluding hydrogens is 520 g/mol. The Balaban J connectivity index is 1.59. The Morgan fingerprint density at radius 2 is 0.810 bits per heavy atom. The molecule has 0 unspecified atom stereocenters. The highest BCUT2D eigenvalue weighted by Crippen LogP contribution is 2.44. The zero-order valence-corrected chi connectivity index (χ0v) is 24.4. The third-order valence-electron chi connectivity index (χ3n) is 7.86. The van der Waals surface area contributed by atoms with E-state index in [1.54, 1.807) is 0 Å². The molecule has 218 valence electrons. The number of hydrogen-bond acceptors (Lipinski definition) is 4. The van der Waals surface area contributed by atoms with Gasteiger partial charge in [-0.05, 0) is 83.3 Å². The Morgan fingerprint density at radius 3 is 1.26 bits per heavy atom. The average molecular weight is 563 g/mol. The smallest absolute Gasteiger partial charge is 0.128 e. The molecule has 42 heavy (non-hydrogen) atoms. The topological polar surface area (TPSA) is 58.9 Å². The van der Waals surface area contributed by atoms with Crippen molar-refractivity contribution in [3.05, 3.63) is 97.1 Å². The first-order valence-electron chi connectivity index (χ1n) is 15.4. The standard InChI is InChI=1S/C38H42O4/c39-23-9-1-3-11-25-41-37-27-36(34-22-14-18-30-16-6-8-20-32(30)34)38(42-26-12-4-2-10-24-40)28-35(37)33-21-13-17-29-15-5-7-19-31(29)33/h5-8,13-22,27-28,39-40H,1-4,9-12,23-26H2. The Kier molecular flexibility index (Phi) is 10.9. The zero-order valence-electron chi connectivity index (χ0n) is 24.4. The molecule has 4 heteroatoms. The van der Waals surface area contributed by atoms with Gasteiger partial charge in [0.1, 0.15) is 11.5 Å². The number of fused-ring (bicyclic) bond motifs is 2. The maximum Gasteiger partial charge on any atom is 0.128 e. The highest BCUT2D eigenvalue weighted by Gasteiger charge is 2.18. The summed E-state index contributed by atoms with van der Waals surface area (Å²) in [5, 5.41) is 23.0. The predicted molar refractivity (Wildman–Crippen MR) is 174 cm³/mol. The van der Waals surface area contributed by atoms with Crippen molar-refractivity contribution in [1.29, 1.82) is 0 Å². The van der Waals surface area contributed by atoms with Gasteiger partial charge in [-0.1, -0.05) is 97.8 Å². The molecule has 0 saturated carbocycles. The van der Waals surface area contributed by atoms with Crippen LogP contribution in [0, 0.1) is 0 Å². The molecule has 0 saturated heterocycles. The van der Waals surface area contributed by atoms with Crippen LogP contribution in [0.25, 0.3) is 43.8 Å². The number of ether oxygens (including phenoxy) is 2. The lowest BCUT2D eigenvalue weighted by atomic mass is 9.92. The van der Waals surface area contributed by atoms with Gasteiger partial charge in [0.25, 0.3) is 0 Å². The minimum atomic E-state index is 0.239. The van der Waals surface area contributed by atoms with Crippen LogP contribution in [0.2, 0.25) is 0 Å². The van der Waals surface area contributed by atoms with Crippen molar-refractivity contribution in [1.82, 2.24) is 0 Å². The summed E-state index contributed by atoms with van der Waals surface area (Å²) < 4.78 is 13.2. The normalized spacial score (nSPS) is 11.3. The molecule has 0 radical (unpaired) electrons. The first-order valence-corrected chi connectivity index (χ1v) is 15.4. The maximum absolute atomic E-state index is 9.15. The van der Waals surface area contributed by atoms with Gasteiger partial charge in [-0.25, -0.2) is 0 Å². The molecule has 0 bridgehead atoms. The summed E-state index contributed by atoms with van der Waals surface area (Å²) in [7, 11) is 0. The maximum atomic E-state index is 9.15. The van der Waals surface area contributed by atoms with Crippen molar-refractivity contribution in [2.24, 2.45) is 0 Å². The number of rotatable bonds is 16. The van der Waals surface area contributed by atoms with Crippen molar-refractivity contribution in [3.8, 4) is 33.8 Å². The van der Waals surface area contributed by atoms with Crippen LogP contribution in [0.1, 0.15) is 51.4 Å². The summed E-state index contributed by atoms with van der Waals surface area (Å²) in [6, 6.07) is 34.2. The Hall–Kier alpha value is -3.86. The lowest BCUT2D eigenvalue weighted by Crippen LogP contribution is -2.03. The van der Waals surface area contributed by atoms with Crippen LogP contribution in [0.15, 0.2) is 97.1 Å². The molecule has 0 aliphatic carbocycles. The third-order valence-corrected chi connectivity index (χ3v) is 7.86. The summed E-state index contributed by atoms with van der Waals surface area (Å²) in [5.74, 6) is 1.71. The second kappa shape index (κ2) is 15.4. The lowest BCUT2D eigenvalue weighted by Gasteiger charge is -2.20. The van der Waals surface area contributed by atoms with E-state index in [9.17, 15) is 0 Å². The number of unbranched alkanes of at least 4 members (excludes halogenated alkanes) is 6. The first-order chi connectivity index (χ1) is 20.8. The van der Waals surface area contributed by atoms with E-state index in [-0.39, 0.29) is 13.2 Å². The van der Waals surface area contributed by atoms with Crippen LogP contribution in [0.3, 0.4) is 0 Å². The van der Waals surface area contributed by atoms with E-state index >= 15 is 0 Å². The monoisotopic (exact) mass is 562 g/mol. The van der Waals surface area contributed by atoms with Crippen LogP contribution in [0.5, 0.6) is 11.5 Å². The number of aliphatic hydroxyl groups is 2. The van der Waals surface area contributed by atoms with Gasteiger partial charge >= 0.3 is 0 Å². The molecule has 0 spiro atoms. The molecule has 5 aromatic carbocycles. The summed E-state index contributed by atoms with van der Waals surface area (Å²) >= 11 is 0. The molecule has 0 atom stereocenters. The SMILES string of the molecule is OCCCCCCOc1cc(-c2cccc3ccccc23)c(OCCCCCCO)cc1-c1cccc2ccccc12. The summed E-state index contributed by atoms with van der Waals surface area (Å²) in [5.41, 5.74) is 4.31. The first kappa shape index (κ1) is 29.6. The highest BCUT2D eigenvalue weighted by atomic mass is 16.5. The van der Waals surface area contributed by atoms with E-state index in [1.807, 2.05) is 0 Å². The van der Waals surface area contributed by atoms with Crippen LogP contribution in [0.4, 0.5) is 0 Å². The van der Waals surface area contributed by atoms with Gasteiger partial charge in [-0.15, -0.1) is 0 Å². The van der Waals surface area contributed by atoms with Gasteiger partial charge in [0.15, 0.2) is 0 Å². The molecule has 0 aliphatic rings. The fraction of sp³-hybridized carbons (Fsp3) is 0.316. The molecule has 0 fully saturated rings. The van der Waals surface area contributed by atoms with Gasteiger partial charge < -0.3 is 19.7 Å². The second-order valence-corrected chi connectivity index (χ2v) is 10.9. The number of aliphatic hydroxyl groups excluding tert-OH is 2. The van der Waals surface area contributed by atoms with Crippen molar-refractivity contribution < 1.29 is 19.7 Å². The van der Waals surface area contributed by atoms with Crippen LogP contribution in [-0.4, -0.2) is 36.6 Å². The fourth-order valence-corrected chi connectivity index (χ4v) is 5.64. The van der Waals surface area contributed by atoms with Gasteiger partial charge in [0.2, 0.25) is 0 Å². The van der Waals surface area contributed by atoms with Gasteiger partial charge in [-0.3, -0.25) is 0 Å². The Labute approximate surface area is 249 Å². The van der Waals surface area contributed by atoms with Gasteiger partial charge in [0.05, 0.1) is 13.2 Å². The van der Waals surface area contributed by atoms with E-state index in [1.165, 1.54) is 21.5 Å². The van der Waals surface area contributed by atoms with Crippen LogP contribution < -0.4 is 9.47 Å². The minimum absolute atomic E-state index is 0.239. The zero-order chi connectivity index (χ0) is 29.0. The molecule has 2 N–H and O–H groups in total. The number of hydrogen-bond donors (Lipinski definition) is 2. The fourth-order valence-electron chi connectivity index (χ4n) is 5.64. The van der Waals surface area contributed by atoms with Gasteiger partial charge in [0, 0.05) is 24.3 Å². The molecule has 0 amide bonds. The van der Waals surface area contributed by atoms with Crippen molar-refractivity contribution in [3.63, 3.8) is 0 Å². The summed E-state index contributed by atoms with van der Waals surface area (Å²) in [6.07, 6.45) is 7.59. The molecule has 5 rings (SSSR count). The molecule has 0 aromatic heterocycles. The van der Waals surface area contributed by atoms with Crippen molar-refractivity contribution in [2.45, 2.75) is 51.4 Å². The van der Waals surface area contributed by atoms with E-state index in [4.69, 9.17) is 19.7 Å². The van der Waals surface area contributed by atoms with E-state index in [2.05, 4.69) is 97.1 Å². The van der Waals surface area contributed by atoms with Crippen LogP contribution in [-0.2, 0) is 0 Å². The lowest BCUT2D eigenvalue weighted by molar-refractivity contribution is 0.272. The van der Waals surface area contributed by atoms with Crippen LogP contribution >= 0.6 is 0 Å². The summed E-state index contributed by atoms with van der Waals surface area (Å²) in [4.78, 5) is 0. The van der Waals surface area contributed by atoms with Crippen molar-refractivity contribution >= 4 is 21.5 Å². The molecule has 0 aliphatic heterocycles. The quantitative estimate of drug-likeness (QED) is 0.118. The Morgan fingerprint density at radius 1 is 0.405 bits per heavy atom. The highest BCUT2D eigenvalue weighted by molar-refractivity contribution is 6.01. The largest absolute Gasteiger partial charge is 0.493 e. The van der Waals surface area contributed by atoms with Gasteiger partial charge in [-0.2, -0.15) is 0 Å². The Bertz CT molecular complexity index is 1450.